The molecule has 0 fully saturated rings. The molecule has 0 aliphatic rings. The Hall–Kier alpha value is -1.45. The van der Waals surface area contributed by atoms with Gasteiger partial charge < -0.3 is 5.32 Å². The normalized spacial score (nSPS) is 13.9. The van der Waals surface area contributed by atoms with E-state index < -0.39 is 0 Å². The van der Waals surface area contributed by atoms with Gasteiger partial charge in [0.1, 0.15) is 5.82 Å². The zero-order valence-electron chi connectivity index (χ0n) is 12.3. The fraction of sp³-hybridized carbons (Fsp3) is 0.353. The van der Waals surface area contributed by atoms with Crippen LogP contribution in [-0.4, -0.2) is 11.5 Å². The molecule has 1 aromatic heterocycles. The van der Waals surface area contributed by atoms with Crippen molar-refractivity contribution in [3.8, 4) is 0 Å². The van der Waals surface area contributed by atoms with Gasteiger partial charge in [-0.3, -0.25) is 4.98 Å². The predicted molar refractivity (Wildman–Crippen MR) is 85.1 cm³/mol. The van der Waals surface area contributed by atoms with Crippen molar-refractivity contribution in [1.82, 2.24) is 10.3 Å². The summed E-state index contributed by atoms with van der Waals surface area (Å²) >= 11 is 6.16. The molecule has 21 heavy (non-hydrogen) atoms. The van der Waals surface area contributed by atoms with Gasteiger partial charge in [0.15, 0.2) is 0 Å². The van der Waals surface area contributed by atoms with Crippen LogP contribution in [0.3, 0.4) is 0 Å². The number of halogens is 2. The summed E-state index contributed by atoms with van der Waals surface area (Å²) in [5.41, 5.74) is 1.75. The van der Waals surface area contributed by atoms with Gasteiger partial charge in [0, 0.05) is 23.9 Å². The van der Waals surface area contributed by atoms with E-state index >= 15 is 0 Å². The summed E-state index contributed by atoms with van der Waals surface area (Å²) in [6.07, 6.45) is 2.77. The molecule has 1 N–H and O–H groups in total. The zero-order chi connectivity index (χ0) is 15.2. The Morgan fingerprint density at radius 1 is 1.24 bits per heavy atom. The average molecular weight is 307 g/mol. The second kappa shape index (κ2) is 7.53. The van der Waals surface area contributed by atoms with Crippen LogP contribution in [0.15, 0.2) is 42.6 Å². The summed E-state index contributed by atoms with van der Waals surface area (Å²) in [6.45, 7) is 5.02. The van der Waals surface area contributed by atoms with Gasteiger partial charge in [-0.15, -0.1) is 0 Å². The van der Waals surface area contributed by atoms with Crippen molar-refractivity contribution >= 4 is 11.6 Å². The Morgan fingerprint density at radius 2 is 2.05 bits per heavy atom. The average Bonchev–Trinajstić information content (AvgIpc) is 2.52. The minimum atomic E-state index is -0.384. The fourth-order valence-electron chi connectivity index (χ4n) is 2.43. The van der Waals surface area contributed by atoms with Gasteiger partial charge in [-0.1, -0.05) is 43.6 Å². The molecule has 2 rings (SSSR count). The first-order chi connectivity index (χ1) is 10.1. The van der Waals surface area contributed by atoms with Gasteiger partial charge in [0.05, 0.1) is 5.02 Å². The standard InChI is InChI=1S/C17H20ClFN2/c1-3-10-21-17(12(2)15-9-4-5-11-20-15)13-7-6-8-14(19)16(13)18/h4-9,11-12,17,21H,3,10H2,1-2H3. The number of rotatable bonds is 6. The molecule has 4 heteroatoms. The lowest BCUT2D eigenvalue weighted by atomic mass is 9.91. The molecule has 2 unspecified atom stereocenters. The molecule has 0 amide bonds. The summed E-state index contributed by atoms with van der Waals surface area (Å²) in [6, 6.07) is 10.7. The van der Waals surface area contributed by atoms with Crippen molar-refractivity contribution in [3.63, 3.8) is 0 Å². The zero-order valence-corrected chi connectivity index (χ0v) is 13.1. The number of nitrogens with one attached hydrogen (secondary N) is 1. The Bertz CT molecular complexity index is 574. The van der Waals surface area contributed by atoms with Gasteiger partial charge in [0.25, 0.3) is 0 Å². The quantitative estimate of drug-likeness (QED) is 0.835. The Balaban J connectivity index is 2.36. The topological polar surface area (TPSA) is 24.9 Å². The molecule has 0 spiro atoms. The van der Waals surface area contributed by atoms with Crippen LogP contribution in [0, 0.1) is 5.82 Å². The van der Waals surface area contributed by atoms with Gasteiger partial charge in [-0.05, 0) is 36.7 Å². The van der Waals surface area contributed by atoms with E-state index in [1.165, 1.54) is 6.07 Å². The highest BCUT2D eigenvalue weighted by Crippen LogP contribution is 2.34. The number of aromatic nitrogens is 1. The van der Waals surface area contributed by atoms with E-state index in [9.17, 15) is 4.39 Å². The van der Waals surface area contributed by atoms with E-state index in [0.29, 0.717) is 0 Å². The molecular formula is C17H20ClFN2. The second-order valence-corrected chi connectivity index (χ2v) is 5.50. The number of benzene rings is 1. The van der Waals surface area contributed by atoms with Crippen molar-refractivity contribution in [2.45, 2.75) is 32.2 Å². The Kier molecular flexibility index (Phi) is 5.71. The Morgan fingerprint density at radius 3 is 2.71 bits per heavy atom. The lowest BCUT2D eigenvalue weighted by molar-refractivity contribution is 0.457. The summed E-state index contributed by atoms with van der Waals surface area (Å²) in [7, 11) is 0. The maximum atomic E-state index is 13.8. The third-order valence-corrected chi connectivity index (χ3v) is 3.98. The van der Waals surface area contributed by atoms with Crippen LogP contribution in [0.1, 0.15) is 43.5 Å². The van der Waals surface area contributed by atoms with E-state index in [1.54, 1.807) is 12.3 Å². The highest BCUT2D eigenvalue weighted by atomic mass is 35.5. The van der Waals surface area contributed by atoms with Crippen LogP contribution >= 0.6 is 11.6 Å². The third kappa shape index (κ3) is 3.80. The van der Waals surface area contributed by atoms with Gasteiger partial charge in [0.2, 0.25) is 0 Å². The highest BCUT2D eigenvalue weighted by Gasteiger charge is 2.24. The van der Waals surface area contributed by atoms with Crippen molar-refractivity contribution in [2.24, 2.45) is 0 Å². The molecular weight excluding hydrogens is 287 g/mol. The molecule has 0 radical (unpaired) electrons. The van der Waals surface area contributed by atoms with Crippen LogP contribution in [-0.2, 0) is 0 Å². The Labute approximate surface area is 130 Å². The lowest BCUT2D eigenvalue weighted by Crippen LogP contribution is -2.27. The van der Waals surface area contributed by atoms with Crippen LogP contribution in [0.2, 0.25) is 5.02 Å². The summed E-state index contributed by atoms with van der Waals surface area (Å²) in [5, 5.41) is 3.65. The number of pyridine rings is 1. The number of hydrogen-bond donors (Lipinski definition) is 1. The molecule has 2 atom stereocenters. The third-order valence-electron chi connectivity index (χ3n) is 3.59. The van der Waals surface area contributed by atoms with Crippen molar-refractivity contribution in [2.75, 3.05) is 6.54 Å². The van der Waals surface area contributed by atoms with Crippen LogP contribution in [0.5, 0.6) is 0 Å². The van der Waals surface area contributed by atoms with Gasteiger partial charge in [-0.25, -0.2) is 4.39 Å². The molecule has 2 nitrogen and oxygen atoms in total. The second-order valence-electron chi connectivity index (χ2n) is 5.12. The minimum absolute atomic E-state index is 0.0666. The fourth-order valence-corrected chi connectivity index (χ4v) is 2.68. The molecule has 1 heterocycles. The van der Waals surface area contributed by atoms with Crippen LogP contribution in [0.4, 0.5) is 4.39 Å². The molecule has 0 aliphatic carbocycles. The summed E-state index contributed by atoms with van der Waals surface area (Å²) < 4.78 is 13.8. The maximum Gasteiger partial charge on any atom is 0.142 e. The molecule has 0 saturated heterocycles. The van der Waals surface area contributed by atoms with E-state index in [1.807, 2.05) is 24.3 Å². The minimum Gasteiger partial charge on any atom is -0.309 e. The van der Waals surface area contributed by atoms with Crippen molar-refractivity contribution in [1.29, 1.82) is 0 Å². The van der Waals surface area contributed by atoms with E-state index in [2.05, 4.69) is 24.1 Å². The summed E-state index contributed by atoms with van der Waals surface area (Å²) in [4.78, 5) is 4.41. The van der Waals surface area contributed by atoms with Crippen molar-refractivity contribution in [3.05, 3.63) is 64.7 Å². The maximum absolute atomic E-state index is 13.8. The first-order valence-corrected chi connectivity index (χ1v) is 7.61. The predicted octanol–water partition coefficient (Wildman–Crippen LogP) is 4.72. The molecule has 0 bridgehead atoms. The monoisotopic (exact) mass is 306 g/mol. The molecule has 1 aromatic carbocycles. The van der Waals surface area contributed by atoms with Gasteiger partial charge in [-0.2, -0.15) is 0 Å². The summed E-state index contributed by atoms with van der Waals surface area (Å²) in [5.74, 6) is -0.289. The van der Waals surface area contributed by atoms with Crippen molar-refractivity contribution < 1.29 is 4.39 Å². The number of nitrogens with zero attached hydrogens (tertiary/aromatic N) is 1. The molecule has 112 valence electrons. The van der Waals surface area contributed by atoms with Crippen LogP contribution in [0.25, 0.3) is 0 Å². The van der Waals surface area contributed by atoms with E-state index in [0.717, 1.165) is 24.2 Å². The lowest BCUT2D eigenvalue weighted by Gasteiger charge is -2.26. The largest absolute Gasteiger partial charge is 0.309 e. The van der Waals surface area contributed by atoms with Crippen LogP contribution < -0.4 is 5.32 Å². The smallest absolute Gasteiger partial charge is 0.142 e. The van der Waals surface area contributed by atoms with E-state index in [4.69, 9.17) is 11.6 Å². The molecule has 2 aromatic rings. The first kappa shape index (κ1) is 15.9. The van der Waals surface area contributed by atoms with E-state index in [-0.39, 0.29) is 22.8 Å². The number of hydrogen-bond acceptors (Lipinski definition) is 2. The highest BCUT2D eigenvalue weighted by molar-refractivity contribution is 6.31. The molecule has 0 aliphatic heterocycles. The SMILES string of the molecule is CCCNC(c1cccc(F)c1Cl)C(C)c1ccccn1. The van der Waals surface area contributed by atoms with Gasteiger partial charge >= 0.3 is 0 Å². The molecule has 0 saturated carbocycles. The first-order valence-electron chi connectivity index (χ1n) is 7.23.